The fourth-order valence-electron chi connectivity index (χ4n) is 2.37. The minimum Gasteiger partial charge on any atom is -0.315 e. The predicted molar refractivity (Wildman–Crippen MR) is 80.1 cm³/mol. The third-order valence-corrected chi connectivity index (χ3v) is 4.69. The van der Waals surface area contributed by atoms with Gasteiger partial charge in [0, 0.05) is 23.7 Å². The zero-order valence-corrected chi connectivity index (χ0v) is 12.2. The van der Waals surface area contributed by atoms with Crippen molar-refractivity contribution in [2.45, 2.75) is 25.3 Å². The first-order valence-corrected chi connectivity index (χ1v) is 7.72. The molecule has 2 aromatic rings. The van der Waals surface area contributed by atoms with E-state index in [1.165, 1.54) is 0 Å². The summed E-state index contributed by atoms with van der Waals surface area (Å²) in [5, 5.41) is 12.6. The first kappa shape index (κ1) is 13.3. The van der Waals surface area contributed by atoms with E-state index >= 15 is 0 Å². The number of carbonyl (C=O) groups excluding carboxylic acids is 1. The number of aromatic nitrogens is 2. The zero-order chi connectivity index (χ0) is 13.9. The Morgan fingerprint density at radius 2 is 2.50 bits per heavy atom. The van der Waals surface area contributed by atoms with Crippen molar-refractivity contribution in [3.63, 3.8) is 0 Å². The van der Waals surface area contributed by atoms with E-state index in [1.807, 2.05) is 41.4 Å². The van der Waals surface area contributed by atoms with Crippen LogP contribution in [0.4, 0.5) is 5.82 Å². The van der Waals surface area contributed by atoms with Gasteiger partial charge in [-0.15, -0.1) is 11.3 Å². The van der Waals surface area contributed by atoms with Gasteiger partial charge in [0.2, 0.25) is 5.91 Å². The first-order chi connectivity index (χ1) is 9.74. The Morgan fingerprint density at radius 1 is 1.60 bits per heavy atom. The van der Waals surface area contributed by atoms with E-state index in [9.17, 15) is 4.79 Å². The summed E-state index contributed by atoms with van der Waals surface area (Å²) in [5.74, 6) is 0.473. The van der Waals surface area contributed by atoms with Crippen molar-refractivity contribution in [3.8, 4) is 0 Å². The Hall–Kier alpha value is -1.66. The molecule has 6 heteroatoms. The van der Waals surface area contributed by atoms with Crippen LogP contribution in [-0.4, -0.2) is 28.8 Å². The number of nitrogens with zero attached hydrogens (tertiary/aromatic N) is 2. The van der Waals surface area contributed by atoms with Crippen LogP contribution in [0.1, 0.15) is 30.2 Å². The molecule has 1 fully saturated rings. The zero-order valence-electron chi connectivity index (χ0n) is 11.4. The highest BCUT2D eigenvalue weighted by molar-refractivity contribution is 7.10. The molecule has 0 bridgehead atoms. The van der Waals surface area contributed by atoms with Crippen LogP contribution in [0.2, 0.25) is 0 Å². The van der Waals surface area contributed by atoms with E-state index < -0.39 is 0 Å². The van der Waals surface area contributed by atoms with Gasteiger partial charge in [0.15, 0.2) is 5.82 Å². The van der Waals surface area contributed by atoms with Crippen molar-refractivity contribution in [2.75, 3.05) is 18.4 Å². The van der Waals surface area contributed by atoms with E-state index in [0.717, 1.165) is 24.4 Å². The maximum atomic E-state index is 12.2. The summed E-state index contributed by atoms with van der Waals surface area (Å²) in [5.41, 5.74) is 0. The second-order valence-electron chi connectivity index (χ2n) is 5.05. The average molecular weight is 290 g/mol. The van der Waals surface area contributed by atoms with Crippen molar-refractivity contribution in [1.82, 2.24) is 15.1 Å². The fraction of sp³-hybridized carbons (Fsp3) is 0.429. The molecule has 3 heterocycles. The Balaban J connectivity index is 1.64. The Kier molecular flexibility index (Phi) is 3.84. The van der Waals surface area contributed by atoms with Gasteiger partial charge in [0.05, 0.1) is 12.0 Å². The minimum absolute atomic E-state index is 0.0118. The molecular formula is C14H18N4OS. The third-order valence-electron chi connectivity index (χ3n) is 3.63. The lowest BCUT2D eigenvalue weighted by atomic mass is 10.1. The number of anilines is 1. The van der Waals surface area contributed by atoms with E-state index in [2.05, 4.69) is 15.7 Å². The van der Waals surface area contributed by atoms with Crippen LogP contribution >= 0.6 is 11.3 Å². The van der Waals surface area contributed by atoms with Crippen molar-refractivity contribution >= 4 is 23.1 Å². The summed E-state index contributed by atoms with van der Waals surface area (Å²) in [7, 11) is 0. The number of amides is 1. The summed E-state index contributed by atoms with van der Waals surface area (Å²) < 4.78 is 1.94. The molecule has 20 heavy (non-hydrogen) atoms. The highest BCUT2D eigenvalue weighted by atomic mass is 32.1. The molecule has 0 aromatic carbocycles. The normalized spacial score (nSPS) is 19.9. The lowest BCUT2D eigenvalue weighted by molar-refractivity contribution is -0.117. The Morgan fingerprint density at radius 3 is 3.20 bits per heavy atom. The van der Waals surface area contributed by atoms with Gasteiger partial charge in [0.25, 0.3) is 0 Å². The number of hydrogen-bond donors (Lipinski definition) is 2. The summed E-state index contributed by atoms with van der Waals surface area (Å²) in [6, 6.07) is 6.20. The molecule has 5 nitrogen and oxygen atoms in total. The van der Waals surface area contributed by atoms with E-state index in [-0.39, 0.29) is 11.8 Å². The van der Waals surface area contributed by atoms with Gasteiger partial charge in [-0.2, -0.15) is 5.10 Å². The van der Waals surface area contributed by atoms with Crippen LogP contribution in [0.3, 0.4) is 0 Å². The molecule has 0 saturated carbocycles. The maximum Gasteiger partial charge on any atom is 0.233 e. The topological polar surface area (TPSA) is 59.0 Å². The van der Waals surface area contributed by atoms with Gasteiger partial charge in [-0.1, -0.05) is 6.07 Å². The lowest BCUT2D eigenvalue weighted by Gasteiger charge is -2.10. The first-order valence-electron chi connectivity index (χ1n) is 6.84. The number of nitrogens with one attached hydrogen (secondary N) is 2. The number of rotatable bonds is 4. The molecule has 1 amide bonds. The minimum atomic E-state index is -0.145. The monoisotopic (exact) mass is 290 g/mol. The third kappa shape index (κ3) is 2.76. The molecule has 2 atom stereocenters. The van der Waals surface area contributed by atoms with E-state index in [0.29, 0.717) is 11.9 Å². The molecule has 0 spiro atoms. The molecule has 0 radical (unpaired) electrons. The van der Waals surface area contributed by atoms with Gasteiger partial charge < -0.3 is 10.6 Å². The van der Waals surface area contributed by atoms with Crippen LogP contribution in [0.5, 0.6) is 0 Å². The van der Waals surface area contributed by atoms with Crippen LogP contribution in [-0.2, 0) is 4.79 Å². The van der Waals surface area contributed by atoms with Crippen LogP contribution in [0, 0.1) is 0 Å². The molecule has 0 unspecified atom stereocenters. The second kappa shape index (κ2) is 5.76. The Bertz CT molecular complexity index is 572. The summed E-state index contributed by atoms with van der Waals surface area (Å²) in [6.07, 6.45) is 3.02. The smallest absolute Gasteiger partial charge is 0.233 e. The Labute approximate surface area is 122 Å². The molecule has 106 valence electrons. The maximum absolute atomic E-state index is 12.2. The molecular weight excluding hydrogens is 272 g/mol. The average Bonchev–Trinajstić information content (AvgIpc) is 3.19. The predicted octanol–water partition coefficient (Wildman–Crippen LogP) is 2.22. The van der Waals surface area contributed by atoms with Gasteiger partial charge >= 0.3 is 0 Å². The molecule has 2 N–H and O–H groups in total. The fourth-order valence-corrected chi connectivity index (χ4v) is 3.16. The number of hydrogen-bond acceptors (Lipinski definition) is 4. The number of thiophene rings is 1. The quantitative estimate of drug-likeness (QED) is 0.907. The summed E-state index contributed by atoms with van der Waals surface area (Å²) >= 11 is 1.60. The largest absolute Gasteiger partial charge is 0.315 e. The van der Waals surface area contributed by atoms with Gasteiger partial charge in [-0.3, -0.25) is 9.48 Å². The highest BCUT2D eigenvalue weighted by Gasteiger charge is 2.19. The van der Waals surface area contributed by atoms with Gasteiger partial charge in [-0.05, 0) is 31.3 Å². The summed E-state index contributed by atoms with van der Waals surface area (Å²) in [4.78, 5) is 13.2. The molecule has 2 aromatic heterocycles. The lowest BCUT2D eigenvalue weighted by Crippen LogP contribution is -2.19. The van der Waals surface area contributed by atoms with Crippen LogP contribution in [0.25, 0.3) is 0 Å². The van der Waals surface area contributed by atoms with Crippen molar-refractivity contribution in [3.05, 3.63) is 34.7 Å². The second-order valence-corrected chi connectivity index (χ2v) is 6.03. The standard InChI is InChI=1S/C14H18N4OS/c1-10(12-3-2-8-20-12)14(19)16-13-5-7-18(17-13)11-4-6-15-9-11/h2-3,5,7-8,10-11,15H,4,6,9H2,1H3,(H,16,17,19)/t10-,11-/m0/s1. The molecule has 0 aliphatic carbocycles. The molecule has 3 rings (SSSR count). The molecule has 1 aliphatic heterocycles. The molecule has 1 aliphatic rings. The summed E-state index contributed by atoms with van der Waals surface area (Å²) in [6.45, 7) is 3.89. The van der Waals surface area contributed by atoms with Gasteiger partial charge in [-0.25, -0.2) is 0 Å². The van der Waals surface area contributed by atoms with E-state index in [1.54, 1.807) is 11.3 Å². The van der Waals surface area contributed by atoms with Gasteiger partial charge in [0.1, 0.15) is 0 Å². The van der Waals surface area contributed by atoms with Crippen molar-refractivity contribution < 1.29 is 4.79 Å². The van der Waals surface area contributed by atoms with Crippen LogP contribution in [0.15, 0.2) is 29.8 Å². The van der Waals surface area contributed by atoms with Crippen molar-refractivity contribution in [1.29, 1.82) is 0 Å². The van der Waals surface area contributed by atoms with Crippen LogP contribution < -0.4 is 10.6 Å². The van der Waals surface area contributed by atoms with E-state index in [4.69, 9.17) is 0 Å². The highest BCUT2D eigenvalue weighted by Crippen LogP contribution is 2.22. The molecule has 1 saturated heterocycles. The van der Waals surface area contributed by atoms with Crippen molar-refractivity contribution in [2.24, 2.45) is 0 Å². The number of carbonyl (C=O) groups is 1. The SMILES string of the molecule is C[C@H](C(=O)Nc1ccn([C@H]2CCNC2)n1)c1cccs1.